The summed E-state index contributed by atoms with van der Waals surface area (Å²) in [7, 11) is 1.58. The molecule has 1 unspecified atom stereocenters. The molecule has 6 rings (SSSR count). The fourth-order valence-corrected chi connectivity index (χ4v) is 5.46. The van der Waals surface area contributed by atoms with Crippen molar-refractivity contribution in [2.24, 2.45) is 0 Å². The summed E-state index contributed by atoms with van der Waals surface area (Å²) in [6.07, 6.45) is 1.61. The van der Waals surface area contributed by atoms with Crippen LogP contribution in [0.25, 0.3) is 0 Å². The Bertz CT molecular complexity index is 1700. The zero-order chi connectivity index (χ0) is 29.4. The number of methoxy groups -OCH3 is 1. The molecule has 2 heterocycles. The first kappa shape index (κ1) is 27.2. The normalized spacial score (nSPS) is 14.7. The van der Waals surface area contributed by atoms with Crippen molar-refractivity contribution in [2.45, 2.75) is 39.0 Å². The van der Waals surface area contributed by atoms with Gasteiger partial charge in [-0.25, -0.2) is 4.39 Å². The third-order valence-electron chi connectivity index (χ3n) is 7.72. The minimum absolute atomic E-state index is 0.0179. The second-order valence-electron chi connectivity index (χ2n) is 10.6. The number of ether oxygens (including phenoxy) is 2. The number of fused-ring (bicyclic) bond motifs is 2. The smallest absolute Gasteiger partial charge is 0.261 e. The number of aryl methyl sites for hydroxylation is 1. The SMILES string of the molecule is COc1ccc(N2Cc3ccc(CN4C(=O)c5ccc(F)cc5C4=O)cc3C2=O)cc1OC(C)CCc1ccccc1. The monoisotopic (exact) mass is 564 g/mol. The molecule has 4 aromatic carbocycles. The number of amides is 3. The topological polar surface area (TPSA) is 76.2 Å². The number of anilines is 1. The summed E-state index contributed by atoms with van der Waals surface area (Å²) in [5.74, 6) is -0.656. The molecule has 0 saturated carbocycles. The first-order valence-electron chi connectivity index (χ1n) is 13.8. The summed E-state index contributed by atoms with van der Waals surface area (Å²) in [6.45, 7) is 2.37. The maximum Gasteiger partial charge on any atom is 0.261 e. The van der Waals surface area contributed by atoms with Crippen LogP contribution in [-0.2, 0) is 19.5 Å². The molecule has 0 aromatic heterocycles. The second kappa shape index (κ2) is 11.1. The average molecular weight is 565 g/mol. The van der Waals surface area contributed by atoms with Gasteiger partial charge in [0.25, 0.3) is 17.7 Å². The van der Waals surface area contributed by atoms with Gasteiger partial charge in [0.1, 0.15) is 5.82 Å². The third kappa shape index (κ3) is 5.11. The minimum Gasteiger partial charge on any atom is -0.493 e. The van der Waals surface area contributed by atoms with E-state index in [1.165, 1.54) is 11.6 Å². The van der Waals surface area contributed by atoms with E-state index in [4.69, 9.17) is 9.47 Å². The van der Waals surface area contributed by atoms with E-state index >= 15 is 0 Å². The molecule has 0 fully saturated rings. The van der Waals surface area contributed by atoms with E-state index in [2.05, 4.69) is 12.1 Å². The standard InChI is InChI=1S/C34H29FN2O5/c1-21(8-9-22-6-4-3-5-7-22)42-31-18-26(13-15-30(31)41-2)36-20-24-11-10-23(16-28(24)33(36)39)19-37-32(38)27-14-12-25(35)17-29(27)34(37)40/h3-7,10-18,21H,8-9,19-20H2,1-2H3. The zero-order valence-electron chi connectivity index (χ0n) is 23.3. The predicted molar refractivity (Wildman–Crippen MR) is 155 cm³/mol. The first-order chi connectivity index (χ1) is 20.3. The number of imide groups is 1. The van der Waals surface area contributed by atoms with Crippen LogP contribution < -0.4 is 14.4 Å². The van der Waals surface area contributed by atoms with Gasteiger partial charge in [-0.1, -0.05) is 42.5 Å². The van der Waals surface area contributed by atoms with Crippen molar-refractivity contribution in [2.75, 3.05) is 12.0 Å². The number of carbonyl (C=O) groups excluding carboxylic acids is 3. The fourth-order valence-electron chi connectivity index (χ4n) is 5.46. The number of hydrogen-bond acceptors (Lipinski definition) is 5. The van der Waals surface area contributed by atoms with Crippen molar-refractivity contribution in [1.82, 2.24) is 4.90 Å². The maximum atomic E-state index is 13.7. The van der Waals surface area contributed by atoms with Crippen LogP contribution in [0.1, 0.15) is 61.1 Å². The molecular weight excluding hydrogens is 535 g/mol. The lowest BCUT2D eigenvalue weighted by molar-refractivity contribution is 0.0642. The molecule has 42 heavy (non-hydrogen) atoms. The summed E-state index contributed by atoms with van der Waals surface area (Å²) in [4.78, 5) is 41.9. The number of hydrogen-bond donors (Lipinski definition) is 0. The highest BCUT2D eigenvalue weighted by molar-refractivity contribution is 6.21. The zero-order valence-corrected chi connectivity index (χ0v) is 23.3. The Balaban J connectivity index is 1.17. The van der Waals surface area contributed by atoms with E-state index in [9.17, 15) is 18.8 Å². The molecule has 1 atom stereocenters. The van der Waals surface area contributed by atoms with Crippen LogP contribution in [0.15, 0.2) is 84.9 Å². The van der Waals surface area contributed by atoms with Crippen LogP contribution >= 0.6 is 0 Å². The Morgan fingerprint density at radius 2 is 1.57 bits per heavy atom. The van der Waals surface area contributed by atoms with Gasteiger partial charge in [-0.2, -0.15) is 0 Å². The number of nitrogens with zero attached hydrogens (tertiary/aromatic N) is 2. The van der Waals surface area contributed by atoms with Crippen LogP contribution in [-0.4, -0.2) is 35.8 Å². The van der Waals surface area contributed by atoms with Crippen LogP contribution in [0, 0.1) is 5.82 Å². The minimum atomic E-state index is -0.575. The molecule has 3 amide bonds. The number of carbonyl (C=O) groups is 3. The Morgan fingerprint density at radius 3 is 2.36 bits per heavy atom. The molecule has 0 bridgehead atoms. The molecule has 7 nitrogen and oxygen atoms in total. The summed E-state index contributed by atoms with van der Waals surface area (Å²) in [5, 5.41) is 0. The second-order valence-corrected chi connectivity index (χ2v) is 10.6. The van der Waals surface area contributed by atoms with E-state index in [0.717, 1.165) is 35.4 Å². The van der Waals surface area contributed by atoms with Gasteiger partial charge < -0.3 is 14.4 Å². The highest BCUT2D eigenvalue weighted by Crippen LogP contribution is 2.37. The van der Waals surface area contributed by atoms with Crippen LogP contribution in [0.4, 0.5) is 10.1 Å². The van der Waals surface area contributed by atoms with E-state index in [1.807, 2.05) is 43.3 Å². The van der Waals surface area contributed by atoms with Crippen molar-refractivity contribution >= 4 is 23.4 Å². The van der Waals surface area contributed by atoms with Crippen molar-refractivity contribution in [3.63, 3.8) is 0 Å². The summed E-state index contributed by atoms with van der Waals surface area (Å²) in [5.41, 5.74) is 4.11. The van der Waals surface area contributed by atoms with Gasteiger partial charge in [-0.15, -0.1) is 0 Å². The molecule has 0 radical (unpaired) electrons. The van der Waals surface area contributed by atoms with Gasteiger partial charge in [0, 0.05) is 17.3 Å². The van der Waals surface area contributed by atoms with Crippen molar-refractivity contribution < 1.29 is 28.2 Å². The Labute approximate surface area is 243 Å². The van der Waals surface area contributed by atoms with Crippen LogP contribution in [0.3, 0.4) is 0 Å². The molecule has 8 heteroatoms. The largest absolute Gasteiger partial charge is 0.493 e. The van der Waals surface area contributed by atoms with Crippen molar-refractivity contribution in [3.05, 3.63) is 124 Å². The Kier molecular flexibility index (Phi) is 7.20. The molecule has 212 valence electrons. The van der Waals surface area contributed by atoms with Crippen molar-refractivity contribution in [1.29, 1.82) is 0 Å². The predicted octanol–water partition coefficient (Wildman–Crippen LogP) is 6.19. The molecular formula is C34H29FN2O5. The van der Waals surface area contributed by atoms with Crippen LogP contribution in [0.5, 0.6) is 11.5 Å². The Hall–Kier alpha value is -4.98. The number of halogens is 1. The molecule has 0 N–H and O–H groups in total. The Morgan fingerprint density at radius 1 is 0.786 bits per heavy atom. The molecule has 0 saturated heterocycles. The van der Waals surface area contributed by atoms with Gasteiger partial charge in [-0.3, -0.25) is 19.3 Å². The van der Waals surface area contributed by atoms with Gasteiger partial charge in [0.2, 0.25) is 0 Å². The lowest BCUT2D eigenvalue weighted by Crippen LogP contribution is -2.29. The molecule has 4 aromatic rings. The highest BCUT2D eigenvalue weighted by Gasteiger charge is 2.36. The molecule has 2 aliphatic rings. The lowest BCUT2D eigenvalue weighted by Gasteiger charge is -2.21. The van der Waals surface area contributed by atoms with Gasteiger partial charge >= 0.3 is 0 Å². The lowest BCUT2D eigenvalue weighted by atomic mass is 10.1. The average Bonchev–Trinajstić information content (AvgIpc) is 3.45. The van der Waals surface area contributed by atoms with E-state index < -0.39 is 17.6 Å². The van der Waals surface area contributed by atoms with Crippen molar-refractivity contribution in [3.8, 4) is 11.5 Å². The maximum absolute atomic E-state index is 13.7. The molecule has 0 aliphatic carbocycles. The van der Waals surface area contributed by atoms with E-state index in [1.54, 1.807) is 30.2 Å². The molecule has 0 spiro atoms. The number of benzene rings is 4. The van der Waals surface area contributed by atoms with Gasteiger partial charge in [-0.05, 0) is 72.9 Å². The highest BCUT2D eigenvalue weighted by atomic mass is 19.1. The number of rotatable bonds is 9. The van der Waals surface area contributed by atoms with Crippen LogP contribution in [0.2, 0.25) is 0 Å². The summed E-state index contributed by atoms with van der Waals surface area (Å²) < 4.78 is 25.5. The summed E-state index contributed by atoms with van der Waals surface area (Å²) in [6, 6.07) is 24.6. The first-order valence-corrected chi connectivity index (χ1v) is 13.8. The summed E-state index contributed by atoms with van der Waals surface area (Å²) >= 11 is 0. The third-order valence-corrected chi connectivity index (χ3v) is 7.72. The van der Waals surface area contributed by atoms with Gasteiger partial charge in [0.05, 0.1) is 37.4 Å². The fraction of sp³-hybridized carbons (Fsp3) is 0.206. The van der Waals surface area contributed by atoms with E-state index in [0.29, 0.717) is 34.9 Å². The molecule has 2 aliphatic heterocycles. The van der Waals surface area contributed by atoms with Gasteiger partial charge in [0.15, 0.2) is 11.5 Å². The van der Waals surface area contributed by atoms with E-state index in [-0.39, 0.29) is 29.7 Å². The quantitative estimate of drug-likeness (QED) is 0.227.